The van der Waals surface area contributed by atoms with Crippen LogP contribution in [-0.4, -0.2) is 89.2 Å². The second-order valence-corrected chi connectivity index (χ2v) is 13.9. The molecule has 264 valence electrons. The summed E-state index contributed by atoms with van der Waals surface area (Å²) in [6.45, 7) is 10.4. The molecule has 0 unspecified atom stereocenters. The van der Waals surface area contributed by atoms with Crippen LogP contribution in [0.5, 0.6) is 5.75 Å². The fourth-order valence-corrected chi connectivity index (χ4v) is 6.48. The fourth-order valence-electron chi connectivity index (χ4n) is 6.48. The average molecular weight is 674 g/mol. The number of carbonyl (C=O) groups is 2. The van der Waals surface area contributed by atoms with Crippen molar-refractivity contribution < 1.29 is 34.0 Å². The van der Waals surface area contributed by atoms with Gasteiger partial charge >= 0.3 is 6.09 Å². The Morgan fingerprint density at radius 2 is 1.63 bits per heavy atom. The van der Waals surface area contributed by atoms with Crippen molar-refractivity contribution in [2.75, 3.05) is 39.5 Å². The van der Waals surface area contributed by atoms with Gasteiger partial charge in [0.25, 0.3) is 0 Å². The monoisotopic (exact) mass is 673 g/mol. The normalized spacial score (nSPS) is 19.0. The lowest BCUT2D eigenvalue weighted by atomic mass is 9.97. The highest BCUT2D eigenvalue weighted by atomic mass is 16.6. The summed E-state index contributed by atoms with van der Waals surface area (Å²) in [4.78, 5) is 31.0. The number of hydrogen-bond donors (Lipinski definition) is 3. The molecule has 2 amide bonds. The summed E-state index contributed by atoms with van der Waals surface area (Å²) in [5.41, 5.74) is 2.94. The first-order valence-electron chi connectivity index (χ1n) is 17.4. The van der Waals surface area contributed by atoms with E-state index in [1.54, 1.807) is 20.8 Å². The van der Waals surface area contributed by atoms with Crippen LogP contribution in [0, 0.1) is 0 Å². The molecule has 1 heterocycles. The Bertz CT molecular complexity index is 1490. The molecule has 0 radical (unpaired) electrons. The number of aliphatic hydroxyl groups is 2. The van der Waals surface area contributed by atoms with Gasteiger partial charge in [-0.2, -0.15) is 0 Å². The maximum atomic E-state index is 14.1. The van der Waals surface area contributed by atoms with Crippen molar-refractivity contribution in [1.82, 2.24) is 15.1 Å². The third kappa shape index (κ3) is 10.8. The number of ether oxygens (including phenoxy) is 3. The summed E-state index contributed by atoms with van der Waals surface area (Å²) in [5, 5.41) is 25.1. The Morgan fingerprint density at radius 1 is 0.959 bits per heavy atom. The lowest BCUT2D eigenvalue weighted by molar-refractivity contribution is -0.135. The standard InChI is InChI=1S/C39H51N3O7/c1-39(2,3)49-38(46)40-33(25-28-9-5-4-6-10-28)35(43)17-18-37(45)42(34-26-36(44)32-12-8-7-11-31(32)34)27-29-13-15-30(16-14-29)48-24-21-41-19-22-47-23-20-41/h4-16,33-36,43-44H,17-27H2,1-3H3,(H,40,46)/t33-,34-,35-,36+/m0/s1. The molecular weight excluding hydrogens is 622 g/mol. The zero-order valence-electron chi connectivity index (χ0n) is 28.9. The number of fused-ring (bicyclic) bond motifs is 1. The van der Waals surface area contributed by atoms with Crippen molar-refractivity contribution in [3.8, 4) is 5.75 Å². The van der Waals surface area contributed by atoms with Gasteiger partial charge in [0.2, 0.25) is 5.91 Å². The van der Waals surface area contributed by atoms with E-state index in [2.05, 4.69) is 10.2 Å². The number of carbonyl (C=O) groups excluding carboxylic acids is 2. The molecule has 1 aliphatic heterocycles. The van der Waals surface area contributed by atoms with Crippen LogP contribution in [0.25, 0.3) is 0 Å². The molecule has 0 spiro atoms. The molecule has 4 atom stereocenters. The van der Waals surface area contributed by atoms with Crippen LogP contribution in [0.1, 0.15) is 74.4 Å². The van der Waals surface area contributed by atoms with Gasteiger partial charge in [0.05, 0.1) is 37.5 Å². The van der Waals surface area contributed by atoms with E-state index in [9.17, 15) is 19.8 Å². The number of nitrogens with zero attached hydrogens (tertiary/aromatic N) is 2. The molecule has 5 rings (SSSR count). The Hall–Kier alpha value is -3.96. The minimum Gasteiger partial charge on any atom is -0.492 e. The van der Waals surface area contributed by atoms with Crippen LogP contribution in [0.15, 0.2) is 78.9 Å². The predicted molar refractivity (Wildman–Crippen MR) is 187 cm³/mol. The molecule has 10 nitrogen and oxygen atoms in total. The molecule has 0 aromatic heterocycles. The smallest absolute Gasteiger partial charge is 0.407 e. The van der Waals surface area contributed by atoms with Crippen LogP contribution in [0.3, 0.4) is 0 Å². The zero-order chi connectivity index (χ0) is 34.8. The van der Waals surface area contributed by atoms with E-state index in [0.717, 1.165) is 60.9 Å². The van der Waals surface area contributed by atoms with Gasteiger partial charge in [-0.1, -0.05) is 66.7 Å². The first kappa shape index (κ1) is 36.3. The van der Waals surface area contributed by atoms with E-state index in [-0.39, 0.29) is 24.8 Å². The number of amides is 2. The second-order valence-electron chi connectivity index (χ2n) is 13.9. The van der Waals surface area contributed by atoms with Crippen LogP contribution in [0.2, 0.25) is 0 Å². The zero-order valence-corrected chi connectivity index (χ0v) is 28.9. The van der Waals surface area contributed by atoms with Crippen LogP contribution in [0.4, 0.5) is 4.79 Å². The number of alkyl carbamates (subject to hydrolysis) is 1. The highest BCUT2D eigenvalue weighted by Crippen LogP contribution is 2.43. The molecule has 1 aliphatic carbocycles. The first-order valence-corrected chi connectivity index (χ1v) is 17.4. The lowest BCUT2D eigenvalue weighted by Crippen LogP contribution is -2.47. The van der Waals surface area contributed by atoms with Gasteiger partial charge < -0.3 is 34.6 Å². The third-order valence-electron chi connectivity index (χ3n) is 9.03. The Labute approximate surface area is 290 Å². The van der Waals surface area contributed by atoms with Gasteiger partial charge in [0.1, 0.15) is 18.0 Å². The number of hydrogen-bond acceptors (Lipinski definition) is 8. The van der Waals surface area contributed by atoms with E-state index < -0.39 is 29.9 Å². The molecule has 3 aromatic rings. The number of aliphatic hydroxyl groups excluding tert-OH is 2. The SMILES string of the molecule is CC(C)(C)OC(=O)N[C@@H](Cc1ccccc1)[C@@H](O)CCC(=O)N(Cc1ccc(OCCN2CCOCC2)cc1)[C@H]1C[C@@H](O)c2ccccc21. The minimum absolute atomic E-state index is 0.0555. The number of morpholine rings is 1. The van der Waals surface area contributed by atoms with Crippen LogP contribution in [-0.2, 0) is 27.2 Å². The van der Waals surface area contributed by atoms with Crippen LogP contribution < -0.4 is 10.1 Å². The molecule has 0 saturated carbocycles. The Morgan fingerprint density at radius 3 is 2.33 bits per heavy atom. The van der Waals surface area contributed by atoms with Crippen molar-refractivity contribution >= 4 is 12.0 Å². The molecular formula is C39H51N3O7. The minimum atomic E-state index is -1.01. The van der Waals surface area contributed by atoms with Gasteiger partial charge in [0.15, 0.2) is 0 Å². The summed E-state index contributed by atoms with van der Waals surface area (Å²) in [5.74, 6) is 0.621. The summed E-state index contributed by atoms with van der Waals surface area (Å²) in [6.07, 6.45) is -1.33. The van der Waals surface area contributed by atoms with Crippen molar-refractivity contribution in [3.63, 3.8) is 0 Å². The molecule has 0 bridgehead atoms. The maximum absolute atomic E-state index is 14.1. The van der Waals surface area contributed by atoms with E-state index in [0.29, 0.717) is 26.0 Å². The topological polar surface area (TPSA) is 121 Å². The number of benzene rings is 3. The first-order chi connectivity index (χ1) is 23.6. The quantitative estimate of drug-likeness (QED) is 0.214. The molecule has 49 heavy (non-hydrogen) atoms. The van der Waals surface area contributed by atoms with Gasteiger partial charge in [-0.3, -0.25) is 9.69 Å². The van der Waals surface area contributed by atoms with Gasteiger partial charge in [-0.05, 0) is 68.0 Å². The van der Waals surface area contributed by atoms with E-state index >= 15 is 0 Å². The molecule has 3 aromatic carbocycles. The van der Waals surface area contributed by atoms with E-state index in [1.807, 2.05) is 83.8 Å². The third-order valence-corrected chi connectivity index (χ3v) is 9.03. The summed E-state index contributed by atoms with van der Waals surface area (Å²) in [6, 6.07) is 24.1. The highest BCUT2D eigenvalue weighted by molar-refractivity contribution is 5.77. The van der Waals surface area contributed by atoms with Crippen molar-refractivity contribution in [2.45, 2.75) is 82.9 Å². The Balaban J connectivity index is 1.26. The molecule has 1 saturated heterocycles. The Kier molecular flexibility index (Phi) is 12.7. The summed E-state index contributed by atoms with van der Waals surface area (Å²) in [7, 11) is 0. The lowest BCUT2D eigenvalue weighted by Gasteiger charge is -2.31. The number of nitrogens with one attached hydrogen (secondary N) is 1. The van der Waals surface area contributed by atoms with Crippen LogP contribution >= 0.6 is 0 Å². The second kappa shape index (κ2) is 17.1. The van der Waals surface area contributed by atoms with Crippen molar-refractivity contribution in [3.05, 3.63) is 101 Å². The average Bonchev–Trinajstić information content (AvgIpc) is 3.42. The van der Waals surface area contributed by atoms with Crippen molar-refractivity contribution in [2.24, 2.45) is 0 Å². The van der Waals surface area contributed by atoms with E-state index in [4.69, 9.17) is 14.2 Å². The highest BCUT2D eigenvalue weighted by Gasteiger charge is 2.36. The van der Waals surface area contributed by atoms with Gasteiger partial charge in [0, 0.05) is 39.0 Å². The molecule has 1 fully saturated rings. The molecule has 2 aliphatic rings. The number of rotatable bonds is 14. The predicted octanol–water partition coefficient (Wildman–Crippen LogP) is 5.18. The van der Waals surface area contributed by atoms with Gasteiger partial charge in [-0.25, -0.2) is 4.79 Å². The van der Waals surface area contributed by atoms with Gasteiger partial charge in [-0.15, -0.1) is 0 Å². The molecule has 3 N–H and O–H groups in total. The van der Waals surface area contributed by atoms with E-state index in [1.165, 1.54) is 0 Å². The maximum Gasteiger partial charge on any atom is 0.407 e. The largest absolute Gasteiger partial charge is 0.492 e. The van der Waals surface area contributed by atoms with Crippen molar-refractivity contribution in [1.29, 1.82) is 0 Å². The molecule has 10 heteroatoms. The summed E-state index contributed by atoms with van der Waals surface area (Å²) >= 11 is 0. The fraction of sp³-hybridized carbons (Fsp3) is 0.487. The summed E-state index contributed by atoms with van der Waals surface area (Å²) < 4.78 is 16.9.